The summed E-state index contributed by atoms with van der Waals surface area (Å²) in [4.78, 5) is 21.4. The average molecular weight is 534 g/mol. The van der Waals surface area contributed by atoms with Crippen LogP contribution < -0.4 is 10.6 Å². The molecule has 3 rings (SSSR count). The zero-order chi connectivity index (χ0) is 19.8. The van der Waals surface area contributed by atoms with E-state index in [1.54, 1.807) is 0 Å². The molecule has 2 aliphatic rings. The molecule has 0 bridgehead atoms. The average Bonchev–Trinajstić information content (AvgIpc) is 2.66. The Hall–Kier alpha value is -1.06. The van der Waals surface area contributed by atoms with E-state index in [4.69, 9.17) is 11.6 Å². The minimum absolute atomic E-state index is 0. The number of guanidine groups is 1. The van der Waals surface area contributed by atoms with Crippen LogP contribution in [0.15, 0.2) is 29.3 Å². The number of nitrogens with one attached hydrogen (secondary N) is 2. The number of hydrogen-bond acceptors (Lipinski definition) is 3. The molecule has 8 heteroatoms. The van der Waals surface area contributed by atoms with Gasteiger partial charge in [0.2, 0.25) is 5.91 Å². The van der Waals surface area contributed by atoms with Crippen molar-refractivity contribution < 1.29 is 4.79 Å². The summed E-state index contributed by atoms with van der Waals surface area (Å²) < 4.78 is 0. The van der Waals surface area contributed by atoms with Crippen molar-refractivity contribution in [3.05, 3.63) is 34.9 Å². The Balaban J connectivity index is 0.00000300. The van der Waals surface area contributed by atoms with E-state index in [1.165, 1.54) is 6.42 Å². The maximum atomic E-state index is 12.3. The largest absolute Gasteiger partial charge is 0.357 e. The van der Waals surface area contributed by atoms with Gasteiger partial charge in [0.1, 0.15) is 0 Å². The monoisotopic (exact) mass is 533 g/mol. The van der Waals surface area contributed by atoms with E-state index in [1.807, 2.05) is 24.3 Å². The van der Waals surface area contributed by atoms with Crippen molar-refractivity contribution in [2.24, 2.45) is 10.9 Å². The first kappa shape index (κ1) is 24.2. The summed E-state index contributed by atoms with van der Waals surface area (Å²) in [5.74, 6) is 1.50. The molecule has 1 heterocycles. The first-order valence-electron chi connectivity index (χ1n) is 10.4. The van der Waals surface area contributed by atoms with Crippen LogP contribution in [0.1, 0.15) is 31.7 Å². The third-order valence-electron chi connectivity index (χ3n) is 5.57. The van der Waals surface area contributed by atoms with Crippen molar-refractivity contribution in [1.29, 1.82) is 0 Å². The van der Waals surface area contributed by atoms with E-state index in [-0.39, 0.29) is 24.0 Å². The lowest BCUT2D eigenvalue weighted by Gasteiger charge is -2.38. The van der Waals surface area contributed by atoms with Crippen LogP contribution in [0.25, 0.3) is 0 Å². The summed E-state index contributed by atoms with van der Waals surface area (Å²) in [7, 11) is 0. The zero-order valence-corrected chi connectivity index (χ0v) is 20.3. The summed E-state index contributed by atoms with van der Waals surface area (Å²) in [5, 5.41) is 7.43. The highest BCUT2D eigenvalue weighted by atomic mass is 127. The summed E-state index contributed by atoms with van der Waals surface area (Å²) in [6.07, 6.45) is 3.39. The maximum Gasteiger partial charge on any atom is 0.225 e. The predicted molar refractivity (Wildman–Crippen MR) is 130 cm³/mol. The first-order chi connectivity index (χ1) is 13.7. The molecule has 1 aromatic rings. The van der Waals surface area contributed by atoms with E-state index < -0.39 is 0 Å². The third kappa shape index (κ3) is 7.29. The molecule has 0 radical (unpaired) electrons. The number of halogens is 2. The van der Waals surface area contributed by atoms with Crippen LogP contribution in [0.5, 0.6) is 0 Å². The maximum absolute atomic E-state index is 12.3. The lowest BCUT2D eigenvalue weighted by atomic mass is 9.84. The fraction of sp³-hybridized carbons (Fsp3) is 0.619. The molecule has 1 saturated heterocycles. The van der Waals surface area contributed by atoms with Crippen molar-refractivity contribution in [2.75, 3.05) is 45.8 Å². The van der Waals surface area contributed by atoms with E-state index >= 15 is 0 Å². The normalized spacial score (nSPS) is 18.0. The summed E-state index contributed by atoms with van der Waals surface area (Å²) >= 11 is 6.21. The number of benzene rings is 1. The van der Waals surface area contributed by atoms with E-state index in [0.717, 1.165) is 75.2 Å². The highest BCUT2D eigenvalue weighted by Gasteiger charge is 2.30. The van der Waals surface area contributed by atoms with Crippen molar-refractivity contribution in [3.8, 4) is 0 Å². The molecule has 1 aromatic carbocycles. The van der Waals surface area contributed by atoms with Gasteiger partial charge in [0, 0.05) is 56.8 Å². The van der Waals surface area contributed by atoms with Gasteiger partial charge in [0.25, 0.3) is 0 Å². The number of carbonyl (C=O) groups excluding carboxylic acids is 1. The smallest absolute Gasteiger partial charge is 0.225 e. The fourth-order valence-corrected chi connectivity index (χ4v) is 3.77. The molecule has 1 saturated carbocycles. The van der Waals surface area contributed by atoms with Gasteiger partial charge in [-0.15, -0.1) is 24.0 Å². The molecule has 162 valence electrons. The van der Waals surface area contributed by atoms with Crippen LogP contribution in [-0.2, 0) is 11.3 Å². The highest BCUT2D eigenvalue weighted by molar-refractivity contribution is 14.0. The molecule has 6 nitrogen and oxygen atoms in total. The SMILES string of the molecule is CCNC(=NCc1ccccc1Cl)NCCN1CCN(C(=O)C2CCC2)CC1.I. The summed E-state index contributed by atoms with van der Waals surface area (Å²) in [6, 6.07) is 7.80. The summed E-state index contributed by atoms with van der Waals surface area (Å²) in [6.45, 7) is 8.82. The van der Waals surface area contributed by atoms with Gasteiger partial charge in [-0.3, -0.25) is 9.69 Å². The van der Waals surface area contributed by atoms with Crippen LogP contribution >= 0.6 is 35.6 Å². The lowest BCUT2D eigenvalue weighted by Crippen LogP contribution is -2.52. The molecule has 0 unspecified atom stereocenters. The molecule has 1 aliphatic carbocycles. The number of amides is 1. The van der Waals surface area contributed by atoms with Crippen molar-refractivity contribution >= 4 is 47.4 Å². The second kappa shape index (κ2) is 12.6. The lowest BCUT2D eigenvalue weighted by molar-refractivity contribution is -0.139. The standard InChI is InChI=1S/C21H32ClN5O.HI/c1-2-23-21(25-16-18-6-3-4-9-19(18)22)24-10-11-26-12-14-27(15-13-26)20(28)17-7-5-8-17;/h3-4,6,9,17H,2,5,7-8,10-16H2,1H3,(H2,23,24,25);1H. The van der Waals surface area contributed by atoms with Crippen molar-refractivity contribution in [2.45, 2.75) is 32.7 Å². The quantitative estimate of drug-likeness (QED) is 0.321. The number of nitrogens with zero attached hydrogens (tertiary/aromatic N) is 3. The minimum Gasteiger partial charge on any atom is -0.357 e. The number of piperazine rings is 1. The number of carbonyl (C=O) groups is 1. The number of aliphatic imine (C=N–C) groups is 1. The van der Waals surface area contributed by atoms with Gasteiger partial charge in [0.15, 0.2) is 5.96 Å². The van der Waals surface area contributed by atoms with E-state index in [0.29, 0.717) is 18.4 Å². The molecule has 2 N–H and O–H groups in total. The molecular weight excluding hydrogens is 501 g/mol. The number of hydrogen-bond donors (Lipinski definition) is 2. The fourth-order valence-electron chi connectivity index (χ4n) is 3.57. The molecule has 29 heavy (non-hydrogen) atoms. The van der Waals surface area contributed by atoms with Crippen LogP contribution in [0, 0.1) is 5.92 Å². The van der Waals surface area contributed by atoms with Gasteiger partial charge in [-0.05, 0) is 31.4 Å². The molecule has 2 fully saturated rings. The molecule has 1 amide bonds. The van der Waals surface area contributed by atoms with Crippen LogP contribution in [0.4, 0.5) is 0 Å². The Morgan fingerprint density at radius 2 is 1.90 bits per heavy atom. The molecular formula is C21H33ClIN5O. The van der Waals surface area contributed by atoms with Gasteiger partial charge >= 0.3 is 0 Å². The zero-order valence-electron chi connectivity index (χ0n) is 17.2. The van der Waals surface area contributed by atoms with Crippen LogP contribution in [0.2, 0.25) is 5.02 Å². The van der Waals surface area contributed by atoms with Crippen LogP contribution in [0.3, 0.4) is 0 Å². The van der Waals surface area contributed by atoms with Gasteiger partial charge in [-0.1, -0.05) is 36.2 Å². The topological polar surface area (TPSA) is 60.0 Å². The second-order valence-corrected chi connectivity index (χ2v) is 7.92. The first-order valence-corrected chi connectivity index (χ1v) is 10.8. The predicted octanol–water partition coefficient (Wildman–Crippen LogP) is 2.96. The summed E-state index contributed by atoms with van der Waals surface area (Å²) in [5.41, 5.74) is 1.02. The van der Waals surface area contributed by atoms with Gasteiger partial charge in [-0.25, -0.2) is 4.99 Å². The van der Waals surface area contributed by atoms with E-state index in [2.05, 4.69) is 32.3 Å². The number of rotatable bonds is 7. The van der Waals surface area contributed by atoms with Crippen molar-refractivity contribution in [3.63, 3.8) is 0 Å². The van der Waals surface area contributed by atoms with Crippen molar-refractivity contribution in [1.82, 2.24) is 20.4 Å². The third-order valence-corrected chi connectivity index (χ3v) is 5.94. The molecule has 0 atom stereocenters. The molecule has 0 aromatic heterocycles. The second-order valence-electron chi connectivity index (χ2n) is 7.51. The molecule has 1 aliphatic heterocycles. The Morgan fingerprint density at radius 1 is 1.17 bits per heavy atom. The molecule has 0 spiro atoms. The van der Waals surface area contributed by atoms with E-state index in [9.17, 15) is 4.79 Å². The van der Waals surface area contributed by atoms with Gasteiger partial charge < -0.3 is 15.5 Å². The Kier molecular flexibility index (Phi) is 10.5. The Labute approximate surface area is 196 Å². The minimum atomic E-state index is 0. The van der Waals surface area contributed by atoms with Crippen LogP contribution in [-0.4, -0.2) is 67.5 Å². The highest BCUT2D eigenvalue weighted by Crippen LogP contribution is 2.28. The van der Waals surface area contributed by atoms with Gasteiger partial charge in [0.05, 0.1) is 6.54 Å². The Bertz CT molecular complexity index is 675. The van der Waals surface area contributed by atoms with Gasteiger partial charge in [-0.2, -0.15) is 0 Å². The Morgan fingerprint density at radius 3 is 2.52 bits per heavy atom.